The van der Waals surface area contributed by atoms with Crippen molar-refractivity contribution >= 4 is 11.8 Å². The number of nitrogens with one attached hydrogen (secondary N) is 1. The molecule has 7 heteroatoms. The largest absolute Gasteiger partial charge is 0.338 e. The van der Waals surface area contributed by atoms with Crippen LogP contribution < -0.4 is 5.56 Å². The molecule has 2 saturated carbocycles. The van der Waals surface area contributed by atoms with Crippen molar-refractivity contribution in [1.82, 2.24) is 19.8 Å². The lowest BCUT2D eigenvalue weighted by Crippen LogP contribution is -2.42. The molecule has 2 aliphatic carbocycles. The van der Waals surface area contributed by atoms with E-state index >= 15 is 0 Å². The number of nitrogens with zero attached hydrogens (tertiary/aromatic N) is 3. The number of rotatable bonds is 4. The van der Waals surface area contributed by atoms with E-state index in [-0.39, 0.29) is 29.3 Å². The highest BCUT2D eigenvalue weighted by Crippen LogP contribution is 2.36. The lowest BCUT2D eigenvalue weighted by Gasteiger charge is -2.33. The van der Waals surface area contributed by atoms with Crippen LogP contribution in [0.25, 0.3) is 0 Å². The Morgan fingerprint density at radius 2 is 1.77 bits per heavy atom. The maximum atomic E-state index is 12.9. The summed E-state index contributed by atoms with van der Waals surface area (Å²) in [5.41, 5.74) is 1.29. The third-order valence-electron chi connectivity index (χ3n) is 7.93. The van der Waals surface area contributed by atoms with Gasteiger partial charge in [0.25, 0.3) is 5.56 Å². The zero-order valence-corrected chi connectivity index (χ0v) is 18.4. The topological polar surface area (TPSA) is 86.4 Å². The minimum absolute atomic E-state index is 0.114. The van der Waals surface area contributed by atoms with Crippen LogP contribution in [-0.4, -0.2) is 44.7 Å². The molecule has 2 amide bonds. The molecule has 1 N–H and O–H groups in total. The number of aromatic amines is 1. The molecular weight excluding hydrogens is 392 g/mol. The SMILES string of the molecule is O=C(CC1CCCCC1)N1CCc2nc([C@H]3CCCN3C(=O)C3CCC3)[nH]c(=O)c2C1. The maximum absolute atomic E-state index is 12.9. The van der Waals surface area contributed by atoms with E-state index in [1.807, 2.05) is 9.80 Å². The molecular formula is C24H34N4O3. The first kappa shape index (κ1) is 20.7. The van der Waals surface area contributed by atoms with Crippen LogP contribution in [0.4, 0.5) is 0 Å². The first-order valence-corrected chi connectivity index (χ1v) is 12.3. The molecule has 168 valence electrons. The van der Waals surface area contributed by atoms with Crippen LogP contribution in [0.1, 0.15) is 93.8 Å². The molecule has 1 atom stereocenters. The maximum Gasteiger partial charge on any atom is 0.256 e. The number of carbonyl (C=O) groups excluding carboxylic acids is 2. The Morgan fingerprint density at radius 1 is 0.968 bits per heavy atom. The van der Waals surface area contributed by atoms with Crippen LogP contribution in [0.15, 0.2) is 4.79 Å². The molecule has 0 radical (unpaired) electrons. The van der Waals surface area contributed by atoms with Crippen molar-refractivity contribution in [3.05, 3.63) is 27.4 Å². The Kier molecular flexibility index (Phi) is 5.85. The van der Waals surface area contributed by atoms with Gasteiger partial charge in [-0.15, -0.1) is 0 Å². The molecule has 1 aromatic rings. The summed E-state index contributed by atoms with van der Waals surface area (Å²) in [7, 11) is 0. The van der Waals surface area contributed by atoms with Gasteiger partial charge in [-0.2, -0.15) is 0 Å². The molecule has 3 fully saturated rings. The number of likely N-dealkylation sites (tertiary alicyclic amines) is 1. The Labute approximate surface area is 183 Å². The molecule has 5 rings (SSSR count). The van der Waals surface area contributed by atoms with Crippen molar-refractivity contribution in [2.45, 2.75) is 89.6 Å². The second kappa shape index (κ2) is 8.75. The van der Waals surface area contributed by atoms with E-state index in [0.29, 0.717) is 43.2 Å². The summed E-state index contributed by atoms with van der Waals surface area (Å²) < 4.78 is 0. The minimum Gasteiger partial charge on any atom is -0.338 e. The van der Waals surface area contributed by atoms with Gasteiger partial charge in [-0.3, -0.25) is 14.4 Å². The lowest BCUT2D eigenvalue weighted by atomic mass is 9.84. The van der Waals surface area contributed by atoms with Gasteiger partial charge in [0.1, 0.15) is 5.82 Å². The number of hydrogen-bond acceptors (Lipinski definition) is 4. The molecule has 1 aromatic heterocycles. The fraction of sp³-hybridized carbons (Fsp3) is 0.750. The van der Waals surface area contributed by atoms with E-state index in [4.69, 9.17) is 4.98 Å². The normalized spacial score (nSPS) is 24.7. The van der Waals surface area contributed by atoms with Crippen LogP contribution in [0.2, 0.25) is 0 Å². The highest BCUT2D eigenvalue weighted by atomic mass is 16.2. The van der Waals surface area contributed by atoms with Gasteiger partial charge in [0, 0.05) is 31.8 Å². The van der Waals surface area contributed by atoms with Gasteiger partial charge < -0.3 is 14.8 Å². The highest BCUT2D eigenvalue weighted by Gasteiger charge is 2.38. The third-order valence-corrected chi connectivity index (χ3v) is 7.93. The van der Waals surface area contributed by atoms with E-state index in [0.717, 1.165) is 57.2 Å². The monoisotopic (exact) mass is 426 g/mol. The Morgan fingerprint density at radius 3 is 2.52 bits per heavy atom. The van der Waals surface area contributed by atoms with E-state index in [9.17, 15) is 14.4 Å². The van der Waals surface area contributed by atoms with Crippen LogP contribution >= 0.6 is 0 Å². The molecule has 7 nitrogen and oxygen atoms in total. The van der Waals surface area contributed by atoms with E-state index in [2.05, 4.69) is 4.98 Å². The molecule has 0 spiro atoms. The summed E-state index contributed by atoms with van der Waals surface area (Å²) in [6.45, 7) is 1.74. The molecule has 0 unspecified atom stereocenters. The number of aromatic nitrogens is 2. The zero-order chi connectivity index (χ0) is 21.4. The summed E-state index contributed by atoms with van der Waals surface area (Å²) in [5, 5.41) is 0. The second-order valence-corrected chi connectivity index (χ2v) is 9.97. The molecule has 0 bridgehead atoms. The van der Waals surface area contributed by atoms with Crippen molar-refractivity contribution in [2.75, 3.05) is 13.1 Å². The Bertz CT molecular complexity index is 901. The van der Waals surface area contributed by atoms with Gasteiger partial charge >= 0.3 is 0 Å². The van der Waals surface area contributed by atoms with Gasteiger partial charge in [0.15, 0.2) is 0 Å². The van der Waals surface area contributed by atoms with Crippen LogP contribution in [0, 0.1) is 11.8 Å². The average Bonchev–Trinajstić information content (AvgIpc) is 3.23. The van der Waals surface area contributed by atoms with Crippen LogP contribution in [-0.2, 0) is 22.6 Å². The average molecular weight is 427 g/mol. The Hall–Kier alpha value is -2.18. The molecule has 2 aliphatic heterocycles. The molecule has 3 heterocycles. The first-order chi connectivity index (χ1) is 15.1. The number of carbonyl (C=O) groups is 2. The van der Waals surface area contributed by atoms with Crippen molar-refractivity contribution in [3.63, 3.8) is 0 Å². The van der Waals surface area contributed by atoms with Gasteiger partial charge in [-0.25, -0.2) is 4.98 Å². The van der Waals surface area contributed by atoms with E-state index in [1.165, 1.54) is 19.3 Å². The standard InChI is InChI=1S/C24H34N4O3/c29-21(14-16-6-2-1-3-7-16)27-13-11-19-18(15-27)23(30)26-22(25-19)20-10-5-12-28(20)24(31)17-8-4-9-17/h16-17,20H,1-15H2,(H,25,26,30)/t20-/m1/s1. The van der Waals surface area contributed by atoms with Gasteiger partial charge in [-0.1, -0.05) is 25.7 Å². The smallest absolute Gasteiger partial charge is 0.256 e. The van der Waals surface area contributed by atoms with Crippen molar-refractivity contribution in [2.24, 2.45) is 11.8 Å². The van der Waals surface area contributed by atoms with Crippen molar-refractivity contribution in [1.29, 1.82) is 0 Å². The van der Waals surface area contributed by atoms with E-state index in [1.54, 1.807) is 0 Å². The summed E-state index contributed by atoms with van der Waals surface area (Å²) in [5.74, 6) is 1.70. The Balaban J connectivity index is 1.29. The minimum atomic E-state index is -0.141. The predicted octanol–water partition coefficient (Wildman–Crippen LogP) is 3.09. The summed E-state index contributed by atoms with van der Waals surface area (Å²) in [6, 6.07) is -0.114. The van der Waals surface area contributed by atoms with Gasteiger partial charge in [-0.05, 0) is 44.4 Å². The van der Waals surface area contributed by atoms with Gasteiger partial charge in [0.05, 0.1) is 23.8 Å². The molecule has 1 saturated heterocycles. The summed E-state index contributed by atoms with van der Waals surface area (Å²) in [4.78, 5) is 50.2. The van der Waals surface area contributed by atoms with Crippen LogP contribution in [0.3, 0.4) is 0 Å². The first-order valence-electron chi connectivity index (χ1n) is 12.3. The van der Waals surface area contributed by atoms with Crippen LogP contribution in [0.5, 0.6) is 0 Å². The summed E-state index contributed by atoms with van der Waals surface area (Å²) >= 11 is 0. The zero-order valence-electron chi connectivity index (χ0n) is 18.4. The second-order valence-electron chi connectivity index (χ2n) is 9.97. The molecule has 0 aromatic carbocycles. The molecule has 31 heavy (non-hydrogen) atoms. The fourth-order valence-electron chi connectivity index (χ4n) is 5.79. The van der Waals surface area contributed by atoms with Crippen molar-refractivity contribution < 1.29 is 9.59 Å². The summed E-state index contributed by atoms with van der Waals surface area (Å²) in [6.07, 6.45) is 12.2. The quantitative estimate of drug-likeness (QED) is 0.802. The molecule has 4 aliphatic rings. The van der Waals surface area contributed by atoms with E-state index < -0.39 is 0 Å². The number of amides is 2. The number of hydrogen-bond donors (Lipinski definition) is 1. The highest BCUT2D eigenvalue weighted by molar-refractivity contribution is 5.80. The van der Waals surface area contributed by atoms with Gasteiger partial charge in [0.2, 0.25) is 11.8 Å². The number of H-pyrrole nitrogens is 1. The fourth-order valence-corrected chi connectivity index (χ4v) is 5.79. The number of fused-ring (bicyclic) bond motifs is 1. The predicted molar refractivity (Wildman–Crippen MR) is 116 cm³/mol. The third kappa shape index (κ3) is 4.15. The lowest BCUT2D eigenvalue weighted by molar-refractivity contribution is -0.139. The van der Waals surface area contributed by atoms with Crippen molar-refractivity contribution in [3.8, 4) is 0 Å².